The molecule has 0 bridgehead atoms. The van der Waals surface area contributed by atoms with Gasteiger partial charge in [-0.25, -0.2) is 0 Å². The van der Waals surface area contributed by atoms with Crippen molar-refractivity contribution in [3.05, 3.63) is 28.8 Å². The van der Waals surface area contributed by atoms with Gasteiger partial charge in [-0.3, -0.25) is 0 Å². The molecule has 0 fully saturated rings. The van der Waals surface area contributed by atoms with Crippen LogP contribution in [0.5, 0.6) is 0 Å². The van der Waals surface area contributed by atoms with Crippen LogP contribution >= 0.6 is 0 Å². The Morgan fingerprint density at radius 1 is 1.46 bits per heavy atom. The van der Waals surface area contributed by atoms with Gasteiger partial charge in [0.15, 0.2) is 0 Å². The number of methoxy groups -OCH3 is 2. The third-order valence-electron chi connectivity index (χ3n) is 1.81. The van der Waals surface area contributed by atoms with Crippen molar-refractivity contribution in [1.29, 1.82) is 0 Å². The summed E-state index contributed by atoms with van der Waals surface area (Å²) in [7, 11) is 3.00. The van der Waals surface area contributed by atoms with Gasteiger partial charge in [-0.15, -0.1) is 0 Å². The van der Waals surface area contributed by atoms with Crippen molar-refractivity contribution < 1.29 is 14.3 Å². The van der Waals surface area contributed by atoms with Crippen LogP contribution in [0.15, 0.2) is 23.3 Å². The van der Waals surface area contributed by atoms with Crippen molar-refractivity contribution in [2.75, 3.05) is 14.2 Å². The second-order valence-electron chi connectivity index (χ2n) is 2.52. The average molecular weight is 181 g/mol. The van der Waals surface area contributed by atoms with Crippen LogP contribution in [0.4, 0.5) is 0 Å². The maximum absolute atomic E-state index is 8.64. The first-order valence-electron chi connectivity index (χ1n) is 3.72. The first-order valence-corrected chi connectivity index (χ1v) is 3.72. The summed E-state index contributed by atoms with van der Waals surface area (Å²) < 4.78 is 9.95. The highest BCUT2D eigenvalue weighted by Gasteiger charge is 2.25. The molecule has 2 N–H and O–H groups in total. The Hall–Kier alpha value is -1.74. The number of nitrogens with zero attached hydrogens (tertiary/aromatic N) is 2. The lowest BCUT2D eigenvalue weighted by atomic mass is 10.1. The summed E-state index contributed by atoms with van der Waals surface area (Å²) in [5, 5.41) is 0. The lowest BCUT2D eigenvalue weighted by Gasteiger charge is -2.12. The molecule has 0 aromatic heterocycles. The summed E-state index contributed by atoms with van der Waals surface area (Å²) >= 11 is 0. The molecule has 1 aliphatic rings. The zero-order chi connectivity index (χ0) is 9.84. The Morgan fingerprint density at radius 2 is 2.15 bits per heavy atom. The molecule has 70 valence electrons. The largest absolute Gasteiger partial charge is 0.498 e. The second kappa shape index (κ2) is 3.78. The summed E-state index contributed by atoms with van der Waals surface area (Å²) in [6, 6.07) is 0. The number of hydrogen-bond donors (Lipinski definition) is 1. The van der Waals surface area contributed by atoms with Gasteiger partial charge in [0.2, 0.25) is 5.76 Å². The summed E-state index contributed by atoms with van der Waals surface area (Å²) in [4.78, 5) is 3.09. The molecule has 0 spiro atoms. The Labute approximate surface area is 76.1 Å². The van der Waals surface area contributed by atoms with Crippen molar-refractivity contribution in [1.82, 2.24) is 0 Å². The molecule has 0 heterocycles. The smallest absolute Gasteiger partial charge is 0.340 e. The SMILES string of the molecule is COC1=CC(N)=C(OC)CC1=[N+]=[N-]. The van der Waals surface area contributed by atoms with E-state index in [1.165, 1.54) is 14.2 Å². The second-order valence-corrected chi connectivity index (χ2v) is 2.52. The molecule has 1 aliphatic carbocycles. The number of hydrogen-bond acceptors (Lipinski definition) is 3. The van der Waals surface area contributed by atoms with Crippen molar-refractivity contribution in [3.63, 3.8) is 0 Å². The molecule has 5 nitrogen and oxygen atoms in total. The molecule has 1 rings (SSSR count). The van der Waals surface area contributed by atoms with Gasteiger partial charge in [-0.2, -0.15) is 4.79 Å². The van der Waals surface area contributed by atoms with Gasteiger partial charge in [0.1, 0.15) is 12.2 Å². The maximum atomic E-state index is 8.64. The molecule has 0 atom stereocenters. The lowest BCUT2D eigenvalue weighted by Crippen LogP contribution is -2.17. The van der Waals surface area contributed by atoms with Crippen LogP contribution in [0.1, 0.15) is 6.42 Å². The minimum absolute atomic E-state index is 0.346. The fourth-order valence-electron chi connectivity index (χ4n) is 1.10. The Kier molecular flexibility index (Phi) is 2.72. The van der Waals surface area contributed by atoms with E-state index in [0.717, 1.165) is 0 Å². The predicted octanol–water partition coefficient (Wildman–Crippen LogP) is 0.408. The van der Waals surface area contributed by atoms with E-state index in [4.69, 9.17) is 20.7 Å². The van der Waals surface area contributed by atoms with Crippen LogP contribution in [0.2, 0.25) is 0 Å². The van der Waals surface area contributed by atoms with Crippen LogP contribution in [-0.4, -0.2) is 24.7 Å². The van der Waals surface area contributed by atoms with E-state index in [2.05, 4.69) is 4.79 Å². The molecule has 0 unspecified atom stereocenters. The van der Waals surface area contributed by atoms with E-state index in [9.17, 15) is 0 Å². The number of ether oxygens (including phenoxy) is 2. The minimum atomic E-state index is 0.346. The molecule has 0 aromatic carbocycles. The number of nitrogens with two attached hydrogens (primary N) is 1. The van der Waals surface area contributed by atoms with E-state index in [1.807, 2.05) is 0 Å². The molecule has 0 aliphatic heterocycles. The van der Waals surface area contributed by atoms with E-state index in [1.54, 1.807) is 6.08 Å². The third-order valence-corrected chi connectivity index (χ3v) is 1.81. The highest BCUT2D eigenvalue weighted by molar-refractivity contribution is 5.97. The van der Waals surface area contributed by atoms with Gasteiger partial charge >= 0.3 is 5.71 Å². The highest BCUT2D eigenvalue weighted by Crippen LogP contribution is 2.18. The summed E-state index contributed by atoms with van der Waals surface area (Å²) in [5.41, 5.74) is 15.2. The number of allylic oxidation sites excluding steroid dienone is 3. The molecule has 0 saturated carbocycles. The van der Waals surface area contributed by atoms with Gasteiger partial charge in [-0.05, 0) is 0 Å². The van der Waals surface area contributed by atoms with Gasteiger partial charge in [0.05, 0.1) is 19.9 Å². The van der Waals surface area contributed by atoms with Crippen LogP contribution < -0.4 is 5.73 Å². The molecule has 0 saturated heterocycles. The first-order chi connectivity index (χ1) is 6.22. The molecule has 0 amide bonds. The van der Waals surface area contributed by atoms with Crippen molar-refractivity contribution in [3.8, 4) is 0 Å². The fourth-order valence-corrected chi connectivity index (χ4v) is 1.10. The van der Waals surface area contributed by atoms with Crippen LogP contribution in [0.3, 0.4) is 0 Å². The molecule has 13 heavy (non-hydrogen) atoms. The maximum Gasteiger partial charge on any atom is 0.340 e. The predicted molar refractivity (Wildman–Crippen MR) is 46.6 cm³/mol. The summed E-state index contributed by atoms with van der Waals surface area (Å²) in [5.74, 6) is 1.04. The fraction of sp³-hybridized carbons (Fsp3) is 0.375. The molecule has 0 radical (unpaired) electrons. The monoisotopic (exact) mass is 181 g/mol. The zero-order valence-corrected chi connectivity index (χ0v) is 7.57. The summed E-state index contributed by atoms with van der Waals surface area (Å²) in [6.07, 6.45) is 1.91. The Balaban J connectivity index is 3.08. The van der Waals surface area contributed by atoms with E-state index < -0.39 is 0 Å². The van der Waals surface area contributed by atoms with Crippen molar-refractivity contribution >= 4 is 5.71 Å². The zero-order valence-electron chi connectivity index (χ0n) is 7.57. The van der Waals surface area contributed by atoms with Crippen LogP contribution in [0, 0.1) is 0 Å². The third kappa shape index (κ3) is 1.71. The standard InChI is InChI=1S/C8H11N3O2/c1-12-7-4-6(11-10)8(13-2)3-5(7)9/h3H,4,9H2,1-2H3. The van der Waals surface area contributed by atoms with Crippen LogP contribution in [-0.2, 0) is 9.47 Å². The van der Waals surface area contributed by atoms with E-state index in [-0.39, 0.29) is 0 Å². The topological polar surface area (TPSA) is 80.9 Å². The Bertz CT molecular complexity index is 324. The van der Waals surface area contributed by atoms with Gasteiger partial charge < -0.3 is 20.7 Å². The van der Waals surface area contributed by atoms with E-state index in [0.29, 0.717) is 29.3 Å². The van der Waals surface area contributed by atoms with Gasteiger partial charge in [0, 0.05) is 6.08 Å². The molecular formula is C8H11N3O2. The first kappa shape index (κ1) is 9.35. The van der Waals surface area contributed by atoms with Crippen LogP contribution in [0.25, 0.3) is 5.53 Å². The quantitative estimate of drug-likeness (QED) is 0.494. The normalized spacial score (nSPS) is 16.5. The van der Waals surface area contributed by atoms with Crippen molar-refractivity contribution in [2.45, 2.75) is 6.42 Å². The molecular weight excluding hydrogens is 170 g/mol. The van der Waals surface area contributed by atoms with Gasteiger partial charge in [-0.1, -0.05) is 0 Å². The minimum Gasteiger partial charge on any atom is -0.498 e. The molecule has 5 heteroatoms. The summed E-state index contributed by atoms with van der Waals surface area (Å²) in [6.45, 7) is 0. The Morgan fingerprint density at radius 3 is 2.62 bits per heavy atom. The average Bonchev–Trinajstić information content (AvgIpc) is 2.17. The van der Waals surface area contributed by atoms with E-state index >= 15 is 0 Å². The lowest BCUT2D eigenvalue weighted by molar-refractivity contribution is -0.0123. The highest BCUT2D eigenvalue weighted by atomic mass is 16.5. The number of rotatable bonds is 2. The van der Waals surface area contributed by atoms with Crippen molar-refractivity contribution in [2.24, 2.45) is 5.73 Å². The van der Waals surface area contributed by atoms with Gasteiger partial charge in [0.25, 0.3) is 0 Å². The molecule has 0 aromatic rings.